The van der Waals surface area contributed by atoms with Gasteiger partial charge in [0.25, 0.3) is 5.91 Å². The monoisotopic (exact) mass is 354 g/mol. The number of hydrogen-bond donors (Lipinski definition) is 1. The van der Waals surface area contributed by atoms with Gasteiger partial charge in [0.2, 0.25) is 0 Å². The Morgan fingerprint density at radius 3 is 2.69 bits per heavy atom. The molecule has 2 aromatic carbocycles. The van der Waals surface area contributed by atoms with Crippen molar-refractivity contribution in [1.82, 2.24) is 10.2 Å². The molecule has 2 aliphatic rings. The van der Waals surface area contributed by atoms with E-state index in [1.54, 1.807) is 12.1 Å². The molecule has 4 rings (SSSR count). The van der Waals surface area contributed by atoms with Gasteiger partial charge in [-0.1, -0.05) is 24.3 Å². The highest BCUT2D eigenvalue weighted by Gasteiger charge is 2.32. The summed E-state index contributed by atoms with van der Waals surface area (Å²) in [7, 11) is 0. The molecule has 2 bridgehead atoms. The summed E-state index contributed by atoms with van der Waals surface area (Å²) in [5.41, 5.74) is 1.46. The van der Waals surface area contributed by atoms with Crippen molar-refractivity contribution in [2.45, 2.75) is 38.0 Å². The normalized spacial score (nSPS) is 22.1. The van der Waals surface area contributed by atoms with Gasteiger partial charge in [0.05, 0.1) is 5.56 Å². The average Bonchev–Trinajstić information content (AvgIpc) is 3.00. The minimum Gasteiger partial charge on any atom is -0.488 e. The highest BCUT2D eigenvalue weighted by atomic mass is 19.1. The molecule has 1 amide bonds. The Bertz CT molecular complexity index is 778. The molecule has 1 N–H and O–H groups in total. The summed E-state index contributed by atoms with van der Waals surface area (Å²) in [4.78, 5) is 15.0. The van der Waals surface area contributed by atoms with Crippen LogP contribution >= 0.6 is 0 Å². The smallest absolute Gasteiger partial charge is 0.257 e. The predicted octanol–water partition coefficient (Wildman–Crippen LogP) is 3.37. The molecule has 2 aliphatic heterocycles. The van der Waals surface area contributed by atoms with Gasteiger partial charge in [-0.2, -0.15) is 0 Å². The molecule has 136 valence electrons. The lowest BCUT2D eigenvalue weighted by molar-refractivity contribution is 0.0743. The van der Waals surface area contributed by atoms with Gasteiger partial charge in [0.15, 0.2) is 0 Å². The van der Waals surface area contributed by atoms with Crippen LogP contribution in [-0.2, 0) is 6.61 Å². The van der Waals surface area contributed by atoms with Crippen molar-refractivity contribution in [3.63, 3.8) is 0 Å². The Morgan fingerprint density at radius 2 is 1.85 bits per heavy atom. The minimum atomic E-state index is -0.270. The maximum Gasteiger partial charge on any atom is 0.257 e. The van der Waals surface area contributed by atoms with E-state index in [1.165, 1.54) is 18.6 Å². The second-order valence-electron chi connectivity index (χ2n) is 7.09. The number of nitrogens with zero attached hydrogens (tertiary/aromatic N) is 1. The second-order valence-corrected chi connectivity index (χ2v) is 7.09. The fourth-order valence-corrected chi connectivity index (χ4v) is 3.81. The van der Waals surface area contributed by atoms with Crippen molar-refractivity contribution in [2.24, 2.45) is 0 Å². The fraction of sp³-hybridized carbons (Fsp3) is 0.381. The lowest BCUT2D eigenvalue weighted by Crippen LogP contribution is -2.39. The number of hydrogen-bond acceptors (Lipinski definition) is 3. The van der Waals surface area contributed by atoms with E-state index in [1.807, 2.05) is 29.2 Å². The van der Waals surface area contributed by atoms with Crippen molar-refractivity contribution in [3.05, 3.63) is 65.5 Å². The highest BCUT2D eigenvalue weighted by Crippen LogP contribution is 2.25. The first kappa shape index (κ1) is 17.0. The zero-order chi connectivity index (χ0) is 17.9. The Hall–Kier alpha value is -2.40. The van der Waals surface area contributed by atoms with Crippen LogP contribution in [0.3, 0.4) is 0 Å². The maximum absolute atomic E-state index is 13.1. The van der Waals surface area contributed by atoms with Gasteiger partial charge < -0.3 is 15.0 Å². The van der Waals surface area contributed by atoms with E-state index in [0.29, 0.717) is 30.0 Å². The first-order chi connectivity index (χ1) is 12.7. The van der Waals surface area contributed by atoms with Gasteiger partial charge in [0.1, 0.15) is 18.2 Å². The van der Waals surface area contributed by atoms with Gasteiger partial charge in [-0.25, -0.2) is 4.39 Å². The standard InChI is InChI=1S/C21H23FN2O2/c22-16-7-5-15(6-8-16)14-26-20-4-2-1-3-19(20)21(25)24-12-11-17-9-10-18(13-24)23-17/h1-8,17-18,23H,9-14H2. The van der Waals surface area contributed by atoms with Gasteiger partial charge in [-0.05, 0) is 49.1 Å². The molecule has 0 spiro atoms. The number of amides is 1. The van der Waals surface area contributed by atoms with Crippen molar-refractivity contribution in [3.8, 4) is 5.75 Å². The lowest BCUT2D eigenvalue weighted by atomic mass is 10.1. The molecule has 0 radical (unpaired) electrons. The van der Waals surface area contributed by atoms with E-state index < -0.39 is 0 Å². The van der Waals surface area contributed by atoms with Crippen LogP contribution in [0, 0.1) is 5.82 Å². The summed E-state index contributed by atoms with van der Waals surface area (Å²) >= 11 is 0. The number of carbonyl (C=O) groups excluding carboxylic acids is 1. The SMILES string of the molecule is O=C(c1ccccc1OCc1ccc(F)cc1)N1CCC2CCC(C1)N2. The molecule has 26 heavy (non-hydrogen) atoms. The zero-order valence-corrected chi connectivity index (χ0v) is 14.7. The van der Waals surface area contributed by atoms with E-state index in [9.17, 15) is 9.18 Å². The Morgan fingerprint density at radius 1 is 1.08 bits per heavy atom. The lowest BCUT2D eigenvalue weighted by Gasteiger charge is -2.25. The van der Waals surface area contributed by atoms with Crippen LogP contribution in [0.1, 0.15) is 35.2 Å². The number of para-hydroxylation sites is 1. The summed E-state index contributed by atoms with van der Waals surface area (Å²) in [6.45, 7) is 1.83. The molecule has 2 aromatic rings. The molecule has 2 unspecified atom stereocenters. The minimum absolute atomic E-state index is 0.0223. The third-order valence-electron chi connectivity index (χ3n) is 5.24. The molecule has 4 nitrogen and oxygen atoms in total. The number of benzene rings is 2. The number of fused-ring (bicyclic) bond motifs is 2. The first-order valence-corrected chi connectivity index (χ1v) is 9.20. The third kappa shape index (κ3) is 3.73. The number of ether oxygens (including phenoxy) is 1. The number of rotatable bonds is 4. The van der Waals surface area contributed by atoms with Crippen molar-refractivity contribution in [1.29, 1.82) is 0 Å². The summed E-state index contributed by atoms with van der Waals surface area (Å²) < 4.78 is 18.9. The molecule has 2 saturated heterocycles. The van der Waals surface area contributed by atoms with E-state index in [0.717, 1.165) is 31.5 Å². The number of halogens is 1. The summed E-state index contributed by atoms with van der Waals surface area (Å²) in [5, 5.41) is 3.60. The van der Waals surface area contributed by atoms with Crippen LogP contribution in [0.25, 0.3) is 0 Å². The van der Waals surface area contributed by atoms with Crippen LogP contribution < -0.4 is 10.1 Å². The number of carbonyl (C=O) groups is 1. The molecular formula is C21H23FN2O2. The van der Waals surface area contributed by atoms with E-state index >= 15 is 0 Å². The summed E-state index contributed by atoms with van der Waals surface area (Å²) in [5.74, 6) is 0.326. The van der Waals surface area contributed by atoms with Gasteiger partial charge in [-0.15, -0.1) is 0 Å². The summed E-state index contributed by atoms with van der Waals surface area (Å²) in [6, 6.07) is 14.5. The molecule has 2 fully saturated rings. The third-order valence-corrected chi connectivity index (χ3v) is 5.24. The predicted molar refractivity (Wildman–Crippen MR) is 97.6 cm³/mol. The average molecular weight is 354 g/mol. The van der Waals surface area contributed by atoms with Gasteiger partial charge >= 0.3 is 0 Å². The van der Waals surface area contributed by atoms with Gasteiger partial charge in [-0.3, -0.25) is 4.79 Å². The molecule has 0 saturated carbocycles. The van der Waals surface area contributed by atoms with Crippen LogP contribution in [0.4, 0.5) is 4.39 Å². The van der Waals surface area contributed by atoms with Crippen LogP contribution in [0.2, 0.25) is 0 Å². The molecule has 2 heterocycles. The number of nitrogens with one attached hydrogen (secondary N) is 1. The Balaban J connectivity index is 1.47. The molecule has 2 atom stereocenters. The van der Waals surface area contributed by atoms with E-state index in [4.69, 9.17) is 4.74 Å². The zero-order valence-electron chi connectivity index (χ0n) is 14.7. The van der Waals surface area contributed by atoms with Crippen LogP contribution in [-0.4, -0.2) is 36.0 Å². The Labute approximate surface area is 153 Å². The topological polar surface area (TPSA) is 41.6 Å². The van der Waals surface area contributed by atoms with Gasteiger partial charge in [0, 0.05) is 25.2 Å². The summed E-state index contributed by atoms with van der Waals surface area (Å²) in [6.07, 6.45) is 3.35. The van der Waals surface area contributed by atoms with E-state index in [-0.39, 0.29) is 11.7 Å². The quantitative estimate of drug-likeness (QED) is 0.915. The largest absolute Gasteiger partial charge is 0.488 e. The second kappa shape index (κ2) is 7.46. The van der Waals surface area contributed by atoms with Crippen LogP contribution in [0.15, 0.2) is 48.5 Å². The molecule has 0 aromatic heterocycles. The molecule has 0 aliphatic carbocycles. The highest BCUT2D eigenvalue weighted by molar-refractivity contribution is 5.97. The molecule has 5 heteroatoms. The Kier molecular flexibility index (Phi) is 4.89. The van der Waals surface area contributed by atoms with Crippen molar-refractivity contribution < 1.29 is 13.9 Å². The fourth-order valence-electron chi connectivity index (χ4n) is 3.81. The maximum atomic E-state index is 13.1. The molecular weight excluding hydrogens is 331 g/mol. The first-order valence-electron chi connectivity index (χ1n) is 9.20. The van der Waals surface area contributed by atoms with Crippen molar-refractivity contribution in [2.75, 3.05) is 13.1 Å². The van der Waals surface area contributed by atoms with E-state index in [2.05, 4.69) is 5.32 Å². The van der Waals surface area contributed by atoms with Crippen molar-refractivity contribution >= 4 is 5.91 Å². The van der Waals surface area contributed by atoms with Crippen LogP contribution in [0.5, 0.6) is 5.75 Å². The number of likely N-dealkylation sites (tertiary alicyclic amines) is 1.